The largest absolute Gasteiger partial charge is 0.494 e. The maximum absolute atomic E-state index is 12.7. The monoisotopic (exact) mass is 414 g/mol. The summed E-state index contributed by atoms with van der Waals surface area (Å²) in [4.78, 5) is 16.1. The van der Waals surface area contributed by atoms with Gasteiger partial charge >= 0.3 is 0 Å². The number of fused-ring (bicyclic) bond motifs is 1. The molecule has 0 saturated carbocycles. The Kier molecular flexibility index (Phi) is 5.59. The van der Waals surface area contributed by atoms with Gasteiger partial charge in [0.05, 0.1) is 6.61 Å². The van der Waals surface area contributed by atoms with Gasteiger partial charge in [-0.1, -0.05) is 0 Å². The third kappa shape index (κ3) is 3.88. The minimum absolute atomic E-state index is 0.151. The van der Waals surface area contributed by atoms with Crippen LogP contribution in [-0.2, 0) is 24.3 Å². The van der Waals surface area contributed by atoms with Crippen LogP contribution in [0.1, 0.15) is 23.8 Å². The summed E-state index contributed by atoms with van der Waals surface area (Å²) in [5, 5.41) is 9.31. The van der Waals surface area contributed by atoms with E-state index in [4.69, 9.17) is 17.0 Å². The lowest BCUT2D eigenvalue weighted by atomic mass is 10.1. The van der Waals surface area contributed by atoms with E-state index in [2.05, 4.69) is 21.6 Å². The van der Waals surface area contributed by atoms with Gasteiger partial charge in [-0.15, -0.1) is 11.3 Å². The Balaban J connectivity index is 1.45. The molecule has 0 fully saturated rings. The first-order valence-corrected chi connectivity index (χ1v) is 10.7. The number of carbonyl (C=O) groups is 1. The van der Waals surface area contributed by atoms with Gasteiger partial charge in [-0.2, -0.15) is 5.10 Å². The molecule has 1 amide bonds. The van der Waals surface area contributed by atoms with Crippen LogP contribution >= 0.6 is 23.6 Å². The van der Waals surface area contributed by atoms with E-state index in [0.29, 0.717) is 30.9 Å². The summed E-state index contributed by atoms with van der Waals surface area (Å²) < 4.78 is 7.91. The van der Waals surface area contributed by atoms with Gasteiger partial charge in [-0.3, -0.25) is 14.5 Å². The summed E-state index contributed by atoms with van der Waals surface area (Å²) in [5.74, 6) is 1.71. The van der Waals surface area contributed by atoms with Crippen molar-refractivity contribution in [2.24, 2.45) is 0 Å². The number of aromatic amines is 1. The third-order valence-corrected chi connectivity index (χ3v) is 6.23. The highest BCUT2D eigenvalue weighted by Crippen LogP contribution is 2.25. The second-order valence-electron chi connectivity index (χ2n) is 6.65. The standard InChI is InChI=1S/C20H22N4O2S2/c1-2-26-16-5-3-14(4-6-16)19-21-22-20(27)24(19)11-8-18(25)23-10-7-17-15(13-23)9-12-28-17/h3-6,9,12H,2,7-8,10-11,13H2,1H3,(H,22,27). The first kappa shape index (κ1) is 18.9. The van der Waals surface area contributed by atoms with Crippen molar-refractivity contribution in [3.8, 4) is 17.1 Å². The van der Waals surface area contributed by atoms with Gasteiger partial charge in [0.2, 0.25) is 5.91 Å². The molecule has 0 aliphatic carbocycles. The van der Waals surface area contributed by atoms with Crippen LogP contribution in [0.25, 0.3) is 11.4 Å². The fraction of sp³-hybridized carbons (Fsp3) is 0.350. The van der Waals surface area contributed by atoms with Gasteiger partial charge < -0.3 is 9.64 Å². The molecule has 0 unspecified atom stereocenters. The third-order valence-electron chi connectivity index (χ3n) is 4.89. The SMILES string of the molecule is CCOc1ccc(-c2n[nH]c(=S)n2CCC(=O)N2CCc3sccc3C2)cc1. The topological polar surface area (TPSA) is 63.1 Å². The van der Waals surface area contributed by atoms with E-state index < -0.39 is 0 Å². The summed E-state index contributed by atoms with van der Waals surface area (Å²) >= 11 is 7.16. The number of benzene rings is 1. The van der Waals surface area contributed by atoms with E-state index in [1.165, 1.54) is 10.4 Å². The predicted molar refractivity (Wildman–Crippen MR) is 112 cm³/mol. The van der Waals surface area contributed by atoms with Crippen LogP contribution in [0.5, 0.6) is 5.75 Å². The molecular weight excluding hydrogens is 392 g/mol. The first-order chi connectivity index (χ1) is 13.7. The lowest BCUT2D eigenvalue weighted by Gasteiger charge is -2.27. The van der Waals surface area contributed by atoms with Crippen molar-refractivity contribution >= 4 is 29.5 Å². The number of nitrogens with zero attached hydrogens (tertiary/aromatic N) is 3. The second-order valence-corrected chi connectivity index (χ2v) is 8.03. The molecule has 0 spiro atoms. The summed E-state index contributed by atoms with van der Waals surface area (Å²) in [7, 11) is 0. The number of amides is 1. The normalized spacial score (nSPS) is 13.4. The smallest absolute Gasteiger partial charge is 0.224 e. The van der Waals surface area contributed by atoms with Crippen molar-refractivity contribution in [3.63, 3.8) is 0 Å². The number of rotatable bonds is 6. The van der Waals surface area contributed by atoms with Crippen molar-refractivity contribution < 1.29 is 9.53 Å². The molecule has 6 nitrogen and oxygen atoms in total. The summed E-state index contributed by atoms with van der Waals surface area (Å²) in [6, 6.07) is 9.86. The van der Waals surface area contributed by atoms with Crippen LogP contribution in [-0.4, -0.2) is 38.7 Å². The molecule has 3 heterocycles. The molecule has 146 valence electrons. The number of carbonyl (C=O) groups excluding carboxylic acids is 1. The summed E-state index contributed by atoms with van der Waals surface area (Å²) in [6.07, 6.45) is 1.35. The van der Waals surface area contributed by atoms with Crippen LogP contribution in [0.2, 0.25) is 0 Å². The quantitative estimate of drug-likeness (QED) is 0.618. The molecule has 1 N–H and O–H groups in total. The molecule has 4 rings (SSSR count). The van der Waals surface area contributed by atoms with Crippen LogP contribution in [0.4, 0.5) is 0 Å². The number of thiophene rings is 1. The Labute approximate surface area is 172 Å². The van der Waals surface area contributed by atoms with Crippen LogP contribution < -0.4 is 4.74 Å². The number of aromatic nitrogens is 3. The number of nitrogens with one attached hydrogen (secondary N) is 1. The lowest BCUT2D eigenvalue weighted by Crippen LogP contribution is -2.35. The fourth-order valence-electron chi connectivity index (χ4n) is 3.44. The maximum atomic E-state index is 12.7. The van der Waals surface area contributed by atoms with Gasteiger partial charge in [-0.25, -0.2) is 0 Å². The number of hydrogen-bond donors (Lipinski definition) is 1. The van der Waals surface area contributed by atoms with E-state index in [1.807, 2.05) is 40.7 Å². The highest BCUT2D eigenvalue weighted by atomic mass is 32.1. The Morgan fingerprint density at radius 1 is 1.32 bits per heavy atom. The Hall–Kier alpha value is -2.45. The molecule has 0 atom stereocenters. The van der Waals surface area contributed by atoms with Crippen molar-refractivity contribution in [1.29, 1.82) is 0 Å². The van der Waals surface area contributed by atoms with E-state index in [-0.39, 0.29) is 5.91 Å². The molecule has 8 heteroatoms. The van der Waals surface area contributed by atoms with E-state index >= 15 is 0 Å². The number of H-pyrrole nitrogens is 1. The fourth-order valence-corrected chi connectivity index (χ4v) is 4.55. The molecule has 2 aromatic heterocycles. The number of hydrogen-bond acceptors (Lipinski definition) is 5. The van der Waals surface area contributed by atoms with Crippen LogP contribution in [0.3, 0.4) is 0 Å². The molecule has 0 saturated heterocycles. The van der Waals surface area contributed by atoms with Crippen molar-refractivity contribution in [2.75, 3.05) is 13.2 Å². The molecule has 3 aromatic rings. The molecular formula is C20H22N4O2S2. The number of ether oxygens (including phenoxy) is 1. The minimum Gasteiger partial charge on any atom is -0.494 e. The van der Waals surface area contributed by atoms with Gasteiger partial charge in [0, 0.05) is 36.5 Å². The van der Waals surface area contributed by atoms with Crippen molar-refractivity contribution in [1.82, 2.24) is 19.7 Å². The average molecular weight is 415 g/mol. The average Bonchev–Trinajstić information content (AvgIpc) is 3.33. The molecule has 1 aliphatic heterocycles. The summed E-state index contributed by atoms with van der Waals surface area (Å²) in [5.41, 5.74) is 2.21. The predicted octanol–water partition coefficient (Wildman–Crippen LogP) is 4.04. The zero-order chi connectivity index (χ0) is 19.5. The van der Waals surface area contributed by atoms with E-state index in [9.17, 15) is 4.79 Å². The van der Waals surface area contributed by atoms with Crippen LogP contribution in [0.15, 0.2) is 35.7 Å². The van der Waals surface area contributed by atoms with Gasteiger partial charge in [0.1, 0.15) is 5.75 Å². The Morgan fingerprint density at radius 3 is 2.93 bits per heavy atom. The molecule has 1 aromatic carbocycles. The molecule has 0 bridgehead atoms. The lowest BCUT2D eigenvalue weighted by molar-refractivity contribution is -0.132. The minimum atomic E-state index is 0.151. The first-order valence-electron chi connectivity index (χ1n) is 9.37. The second kappa shape index (κ2) is 8.28. The summed E-state index contributed by atoms with van der Waals surface area (Å²) in [6.45, 7) is 4.58. The van der Waals surface area contributed by atoms with Crippen molar-refractivity contribution in [3.05, 3.63) is 50.9 Å². The van der Waals surface area contributed by atoms with Crippen molar-refractivity contribution in [2.45, 2.75) is 32.9 Å². The zero-order valence-electron chi connectivity index (χ0n) is 15.7. The Bertz CT molecular complexity index is 1020. The molecule has 0 radical (unpaired) electrons. The van der Waals surface area contributed by atoms with E-state index in [0.717, 1.165) is 30.1 Å². The zero-order valence-corrected chi connectivity index (χ0v) is 17.3. The highest BCUT2D eigenvalue weighted by Gasteiger charge is 2.21. The van der Waals surface area contributed by atoms with Crippen LogP contribution in [0, 0.1) is 4.77 Å². The van der Waals surface area contributed by atoms with Gasteiger partial charge in [-0.05, 0) is 66.8 Å². The molecule has 1 aliphatic rings. The Morgan fingerprint density at radius 2 is 2.14 bits per heavy atom. The van der Waals surface area contributed by atoms with Gasteiger partial charge in [0.25, 0.3) is 0 Å². The van der Waals surface area contributed by atoms with Gasteiger partial charge in [0.15, 0.2) is 10.6 Å². The molecule has 28 heavy (non-hydrogen) atoms. The maximum Gasteiger partial charge on any atom is 0.224 e. The van der Waals surface area contributed by atoms with E-state index in [1.54, 1.807) is 11.3 Å². The highest BCUT2D eigenvalue weighted by molar-refractivity contribution is 7.71.